The van der Waals surface area contributed by atoms with Crippen LogP contribution >= 0.6 is 0 Å². The third-order valence-electron chi connectivity index (χ3n) is 6.13. The number of ketones is 2. The van der Waals surface area contributed by atoms with Crippen molar-refractivity contribution in [3.8, 4) is 0 Å². The lowest BCUT2D eigenvalue weighted by Gasteiger charge is -2.54. The van der Waals surface area contributed by atoms with E-state index in [0.29, 0.717) is 12.8 Å². The van der Waals surface area contributed by atoms with Crippen molar-refractivity contribution in [3.63, 3.8) is 0 Å². The van der Waals surface area contributed by atoms with Crippen molar-refractivity contribution in [2.45, 2.75) is 51.4 Å². The fourth-order valence-corrected chi connectivity index (χ4v) is 4.79. The molecule has 0 aromatic rings. The molecule has 7 unspecified atom stereocenters. The number of carbonyl (C=O) groups excluding carboxylic acids is 3. The Morgan fingerprint density at radius 3 is 2.60 bits per heavy atom. The second kappa shape index (κ2) is 5.27. The molecule has 6 heteroatoms. The van der Waals surface area contributed by atoms with Gasteiger partial charge in [0.15, 0.2) is 22.9 Å². The van der Waals surface area contributed by atoms with Crippen LogP contribution in [0.5, 0.6) is 0 Å². The molecule has 25 heavy (non-hydrogen) atoms. The van der Waals surface area contributed by atoms with E-state index in [9.17, 15) is 19.5 Å². The third-order valence-corrected chi connectivity index (χ3v) is 6.13. The quantitative estimate of drug-likeness (QED) is 0.526. The summed E-state index contributed by atoms with van der Waals surface area (Å²) in [5.74, 6) is -2.27. The number of carbonyl (C=O) groups is 3. The van der Waals surface area contributed by atoms with Crippen molar-refractivity contribution < 1.29 is 29.0 Å². The molecule has 0 amide bonds. The van der Waals surface area contributed by atoms with Gasteiger partial charge in [0.2, 0.25) is 0 Å². The number of Topliss-reactive ketones (excluding diaryl/α,β-unsaturated/α-hetero) is 1. The molecule has 0 radical (unpaired) electrons. The van der Waals surface area contributed by atoms with E-state index in [2.05, 4.69) is 0 Å². The molecule has 1 saturated carbocycles. The van der Waals surface area contributed by atoms with E-state index in [1.54, 1.807) is 19.9 Å². The molecule has 7 atom stereocenters. The maximum absolute atomic E-state index is 12.9. The highest BCUT2D eigenvalue weighted by Crippen LogP contribution is 2.56. The monoisotopic (exact) mass is 346 g/mol. The van der Waals surface area contributed by atoms with Gasteiger partial charge in [-0.3, -0.25) is 9.59 Å². The van der Waals surface area contributed by atoms with Crippen LogP contribution in [0.4, 0.5) is 0 Å². The molecule has 1 spiro atoms. The first kappa shape index (κ1) is 16.5. The van der Waals surface area contributed by atoms with Crippen LogP contribution in [-0.2, 0) is 23.9 Å². The summed E-state index contributed by atoms with van der Waals surface area (Å²) >= 11 is 0. The Morgan fingerprint density at radius 1 is 1.16 bits per heavy atom. The fraction of sp³-hybridized carbons (Fsp3) is 0.632. The van der Waals surface area contributed by atoms with Crippen LogP contribution in [0.25, 0.3) is 0 Å². The number of fused-ring (bicyclic) bond motifs is 1. The zero-order valence-corrected chi connectivity index (χ0v) is 14.5. The summed E-state index contributed by atoms with van der Waals surface area (Å²) in [6.07, 6.45) is 2.51. The molecule has 1 N–H and O–H groups in total. The van der Waals surface area contributed by atoms with Crippen molar-refractivity contribution >= 4 is 17.5 Å². The molecular weight excluding hydrogens is 324 g/mol. The van der Waals surface area contributed by atoms with Gasteiger partial charge in [0.25, 0.3) is 0 Å². The maximum Gasteiger partial charge on any atom is 0.346 e. The zero-order chi connectivity index (χ0) is 18.1. The highest BCUT2D eigenvalue weighted by molar-refractivity contribution is 6.20. The summed E-state index contributed by atoms with van der Waals surface area (Å²) < 4.78 is 11.6. The van der Waals surface area contributed by atoms with Crippen molar-refractivity contribution in [3.05, 3.63) is 23.5 Å². The summed E-state index contributed by atoms with van der Waals surface area (Å²) in [6, 6.07) is 0. The van der Waals surface area contributed by atoms with Crippen molar-refractivity contribution in [2.75, 3.05) is 0 Å². The number of aliphatic hydroxyl groups excluding tert-OH is 1. The van der Waals surface area contributed by atoms with Crippen LogP contribution in [0, 0.1) is 23.7 Å². The third kappa shape index (κ3) is 2.09. The molecule has 0 aromatic carbocycles. The van der Waals surface area contributed by atoms with E-state index in [0.717, 1.165) is 0 Å². The van der Waals surface area contributed by atoms with Crippen LogP contribution in [0.2, 0.25) is 0 Å². The molecule has 3 heterocycles. The van der Waals surface area contributed by atoms with Crippen molar-refractivity contribution in [2.24, 2.45) is 23.7 Å². The summed E-state index contributed by atoms with van der Waals surface area (Å²) in [4.78, 5) is 37.8. The molecule has 6 nitrogen and oxygen atoms in total. The number of esters is 1. The van der Waals surface area contributed by atoms with Crippen LogP contribution in [-0.4, -0.2) is 40.5 Å². The molecule has 5 aliphatic rings. The topological polar surface area (TPSA) is 89.9 Å². The van der Waals surface area contributed by atoms with Gasteiger partial charge in [-0.1, -0.05) is 26.8 Å². The van der Waals surface area contributed by atoms with Gasteiger partial charge in [0, 0.05) is 18.3 Å². The van der Waals surface area contributed by atoms with Crippen LogP contribution in [0.15, 0.2) is 23.5 Å². The molecule has 5 bridgehead atoms. The summed E-state index contributed by atoms with van der Waals surface area (Å²) in [7, 11) is 0. The lowest BCUT2D eigenvalue weighted by atomic mass is 9.64. The minimum absolute atomic E-state index is 0.0252. The van der Waals surface area contributed by atoms with E-state index in [1.165, 1.54) is 6.08 Å². The second-order valence-electron chi connectivity index (χ2n) is 7.93. The number of hydrogen-bond acceptors (Lipinski definition) is 6. The molecule has 134 valence electrons. The van der Waals surface area contributed by atoms with E-state index in [4.69, 9.17) is 9.47 Å². The Bertz CT molecular complexity index is 734. The average Bonchev–Trinajstić information content (AvgIpc) is 2.83. The van der Waals surface area contributed by atoms with Crippen molar-refractivity contribution in [1.29, 1.82) is 0 Å². The molecule has 2 saturated heterocycles. The standard InChI is InChI=1S/C19H22O6/c1-8-6-9(2)14(21)13-17-19(25-18(13)23)7-10(3)16(24-17)15(22)11(19)4-5-12(8)20/h4-5,8-11,15-16,22H,6-7H2,1-3H3/b5-4+. The molecular formula is C19H22O6. The number of rotatable bonds is 0. The summed E-state index contributed by atoms with van der Waals surface area (Å²) in [5, 5.41) is 10.7. The minimum atomic E-state index is -1.18. The van der Waals surface area contributed by atoms with Gasteiger partial charge in [-0.2, -0.15) is 0 Å². The Morgan fingerprint density at radius 2 is 1.88 bits per heavy atom. The lowest BCUT2D eigenvalue weighted by Crippen LogP contribution is -2.63. The Balaban J connectivity index is 1.93. The van der Waals surface area contributed by atoms with E-state index in [-0.39, 0.29) is 34.7 Å². The van der Waals surface area contributed by atoms with Crippen molar-refractivity contribution in [1.82, 2.24) is 0 Å². The lowest BCUT2D eigenvalue weighted by molar-refractivity contribution is -0.220. The predicted octanol–water partition coefficient (Wildman–Crippen LogP) is 1.32. The first-order chi connectivity index (χ1) is 11.8. The smallest absolute Gasteiger partial charge is 0.346 e. The Kier molecular flexibility index (Phi) is 3.48. The minimum Gasteiger partial charge on any atom is -0.486 e. The van der Waals surface area contributed by atoms with Gasteiger partial charge in [-0.15, -0.1) is 0 Å². The Labute approximate surface area is 145 Å². The number of ether oxygens (including phenoxy) is 2. The van der Waals surface area contributed by atoms with Gasteiger partial charge in [0.05, 0.1) is 5.92 Å². The average molecular weight is 346 g/mol. The molecule has 0 aromatic heterocycles. The SMILES string of the molecule is CC1CC(C)C(=O)C2=C3OC4C(C)CC3(OC2=O)C(/C=C/C1=O)C4O. The zero-order valence-electron chi connectivity index (χ0n) is 14.5. The summed E-state index contributed by atoms with van der Waals surface area (Å²) in [6.45, 7) is 5.41. The molecule has 2 aliphatic carbocycles. The second-order valence-corrected chi connectivity index (χ2v) is 7.93. The molecule has 3 aliphatic heterocycles. The van der Waals surface area contributed by atoms with E-state index >= 15 is 0 Å². The number of aliphatic hydroxyl groups is 1. The maximum atomic E-state index is 12.9. The van der Waals surface area contributed by atoms with Gasteiger partial charge >= 0.3 is 5.97 Å². The highest BCUT2D eigenvalue weighted by Gasteiger charge is 2.67. The predicted molar refractivity (Wildman–Crippen MR) is 86.1 cm³/mol. The highest BCUT2D eigenvalue weighted by atomic mass is 16.6. The van der Waals surface area contributed by atoms with Gasteiger partial charge in [-0.25, -0.2) is 4.79 Å². The van der Waals surface area contributed by atoms with Gasteiger partial charge in [0.1, 0.15) is 17.8 Å². The molecule has 5 rings (SSSR count). The normalized spacial score (nSPS) is 47.3. The first-order valence-corrected chi connectivity index (χ1v) is 8.85. The Hall–Kier alpha value is -1.95. The fourth-order valence-electron chi connectivity index (χ4n) is 4.79. The first-order valence-electron chi connectivity index (χ1n) is 8.85. The van der Waals surface area contributed by atoms with Crippen LogP contribution < -0.4 is 0 Å². The van der Waals surface area contributed by atoms with Gasteiger partial charge in [-0.05, 0) is 18.4 Å². The van der Waals surface area contributed by atoms with Crippen LogP contribution in [0.3, 0.4) is 0 Å². The molecule has 3 fully saturated rings. The summed E-state index contributed by atoms with van der Waals surface area (Å²) in [5.41, 5.74) is -1.21. The van der Waals surface area contributed by atoms with E-state index < -0.39 is 35.6 Å². The van der Waals surface area contributed by atoms with E-state index in [1.807, 2.05) is 6.92 Å². The largest absolute Gasteiger partial charge is 0.486 e. The van der Waals surface area contributed by atoms with Crippen LogP contribution in [0.1, 0.15) is 33.6 Å². The number of allylic oxidation sites excluding steroid dienone is 1. The number of hydrogen-bond donors (Lipinski definition) is 1. The van der Waals surface area contributed by atoms with Gasteiger partial charge < -0.3 is 14.6 Å².